The number of methoxy groups -OCH3 is 2. The monoisotopic (exact) mass is 308 g/mol. The first-order chi connectivity index (χ1) is 11.2. The van der Waals surface area contributed by atoms with Crippen LogP contribution in [-0.2, 0) is 0 Å². The van der Waals surface area contributed by atoms with Crippen LogP contribution in [0.3, 0.4) is 0 Å². The van der Waals surface area contributed by atoms with Crippen LogP contribution < -0.4 is 9.47 Å². The number of hydrogen-bond acceptors (Lipinski definition) is 3. The second-order valence-corrected chi connectivity index (χ2v) is 8.57. The second-order valence-electron chi connectivity index (χ2n) is 8.57. The van der Waals surface area contributed by atoms with E-state index in [0.717, 1.165) is 41.6 Å². The molecule has 0 amide bonds. The smallest absolute Gasteiger partial charge is 0.122 e. The fraction of sp³-hybridized carbons (Fsp3) is 0.600. The summed E-state index contributed by atoms with van der Waals surface area (Å²) >= 11 is 0. The topological polar surface area (TPSA) is 38.7 Å². The fourth-order valence-corrected chi connectivity index (χ4v) is 8.58. The maximum atomic E-state index is 10.3. The van der Waals surface area contributed by atoms with Crippen LogP contribution in [0.1, 0.15) is 29.4 Å². The molecule has 0 aromatic heterocycles. The summed E-state index contributed by atoms with van der Waals surface area (Å²) in [5.41, 5.74) is 3.52. The average Bonchev–Trinajstić information content (AvgIpc) is 3.36. The predicted octanol–water partition coefficient (Wildman–Crippen LogP) is 2.70. The average molecular weight is 308 g/mol. The lowest BCUT2D eigenvalue weighted by molar-refractivity contribution is 0.0875. The molecular formula is C20H20O3. The van der Waals surface area contributed by atoms with E-state index in [2.05, 4.69) is 24.3 Å². The van der Waals surface area contributed by atoms with E-state index in [0.29, 0.717) is 22.7 Å². The normalized spacial score (nSPS) is 56.9. The highest BCUT2D eigenvalue weighted by Gasteiger charge is 3.01. The van der Waals surface area contributed by atoms with E-state index in [-0.39, 0.29) is 6.10 Å². The molecule has 4 saturated carbocycles. The SMILES string of the molecule is COc1ccc(OC)c2c1[C@@H]1[C@@H]3[C@@H]4[C@@H]3[C@H]2[C@]23C[C@H](O)C=C[C@]12[C@@H]43. The van der Waals surface area contributed by atoms with Gasteiger partial charge in [0.15, 0.2) is 0 Å². The Kier molecular flexibility index (Phi) is 1.59. The van der Waals surface area contributed by atoms with Gasteiger partial charge in [0.1, 0.15) is 11.5 Å². The molecule has 2 bridgehead atoms. The molecule has 1 N–H and O–H groups in total. The second kappa shape index (κ2) is 3.06. The zero-order valence-electron chi connectivity index (χ0n) is 13.3. The third-order valence-corrected chi connectivity index (χ3v) is 8.62. The molecule has 0 radical (unpaired) electrons. The van der Waals surface area contributed by atoms with Gasteiger partial charge in [0.05, 0.1) is 20.3 Å². The molecule has 23 heavy (non-hydrogen) atoms. The van der Waals surface area contributed by atoms with Crippen molar-refractivity contribution in [2.45, 2.75) is 24.4 Å². The minimum absolute atomic E-state index is 0.261. The minimum Gasteiger partial charge on any atom is -0.496 e. The van der Waals surface area contributed by atoms with Crippen molar-refractivity contribution in [1.29, 1.82) is 0 Å². The number of ether oxygens (including phenoxy) is 2. The number of benzene rings is 1. The van der Waals surface area contributed by atoms with Gasteiger partial charge in [-0.15, -0.1) is 0 Å². The Balaban J connectivity index is 1.58. The summed E-state index contributed by atoms with van der Waals surface area (Å²) in [7, 11) is 3.58. The molecule has 0 aliphatic heterocycles. The van der Waals surface area contributed by atoms with Gasteiger partial charge < -0.3 is 14.6 Å². The van der Waals surface area contributed by atoms with Crippen molar-refractivity contribution in [2.24, 2.45) is 34.5 Å². The minimum atomic E-state index is -0.261. The van der Waals surface area contributed by atoms with Crippen molar-refractivity contribution in [3.63, 3.8) is 0 Å². The van der Waals surface area contributed by atoms with Gasteiger partial charge in [0.25, 0.3) is 0 Å². The van der Waals surface area contributed by atoms with Crippen molar-refractivity contribution in [3.8, 4) is 11.5 Å². The van der Waals surface area contributed by atoms with Gasteiger partial charge in [-0.3, -0.25) is 0 Å². The molecule has 9 atom stereocenters. The number of aliphatic hydroxyl groups excluding tert-OH is 1. The van der Waals surface area contributed by atoms with Crippen LogP contribution in [0.4, 0.5) is 0 Å². The summed E-state index contributed by atoms with van der Waals surface area (Å²) < 4.78 is 11.5. The lowest BCUT2D eigenvalue weighted by Gasteiger charge is -2.50. The summed E-state index contributed by atoms with van der Waals surface area (Å²) in [5.74, 6) is 6.66. The molecular weight excluding hydrogens is 288 g/mol. The molecule has 0 heterocycles. The molecule has 1 aromatic rings. The number of hydrogen-bond donors (Lipinski definition) is 1. The molecule has 0 saturated heterocycles. The van der Waals surface area contributed by atoms with Crippen LogP contribution in [0.2, 0.25) is 0 Å². The summed E-state index contributed by atoms with van der Waals surface area (Å²) in [4.78, 5) is 0. The Labute approximate surface area is 135 Å². The quantitative estimate of drug-likeness (QED) is 0.854. The lowest BCUT2D eigenvalue weighted by atomic mass is 9.53. The molecule has 118 valence electrons. The number of allylic oxidation sites excluding steroid dienone is 1. The van der Waals surface area contributed by atoms with Gasteiger partial charge >= 0.3 is 0 Å². The summed E-state index contributed by atoms with van der Waals surface area (Å²) in [6, 6.07) is 4.17. The summed E-state index contributed by atoms with van der Waals surface area (Å²) in [6.45, 7) is 0. The van der Waals surface area contributed by atoms with Gasteiger partial charge in [-0.05, 0) is 53.6 Å². The van der Waals surface area contributed by atoms with Gasteiger partial charge in [0.2, 0.25) is 0 Å². The standard InChI is InChI=1S/C20H20O3/c1-22-9-3-4-10(23-2)12-11(9)16-13-14-15(13)18-19(16)6-5-8(21)7-20(18,19)17(12)14/h3-6,8,13-18,21H,7H2,1-2H3/t8-,13+,14-,15-,16-,17+,18-,19-,20+/m1/s1. The van der Waals surface area contributed by atoms with Gasteiger partial charge in [0, 0.05) is 22.5 Å². The van der Waals surface area contributed by atoms with Crippen LogP contribution >= 0.6 is 0 Å². The third-order valence-electron chi connectivity index (χ3n) is 8.62. The summed E-state index contributed by atoms with van der Waals surface area (Å²) in [5, 5.41) is 10.3. The maximum absolute atomic E-state index is 10.3. The van der Waals surface area contributed by atoms with Crippen LogP contribution in [0.15, 0.2) is 24.3 Å². The van der Waals surface area contributed by atoms with E-state index in [9.17, 15) is 5.11 Å². The van der Waals surface area contributed by atoms with E-state index >= 15 is 0 Å². The number of rotatable bonds is 2. The lowest BCUT2D eigenvalue weighted by Crippen LogP contribution is -2.42. The zero-order chi connectivity index (χ0) is 15.3. The molecule has 4 fully saturated rings. The first-order valence-corrected chi connectivity index (χ1v) is 8.84. The third kappa shape index (κ3) is 0.840. The molecule has 7 aliphatic rings. The Morgan fingerprint density at radius 3 is 2.35 bits per heavy atom. The fourth-order valence-electron chi connectivity index (χ4n) is 8.58. The van der Waals surface area contributed by atoms with Crippen molar-refractivity contribution in [3.05, 3.63) is 35.4 Å². The molecule has 8 rings (SSSR count). The van der Waals surface area contributed by atoms with E-state index in [1.165, 1.54) is 11.1 Å². The molecule has 7 aliphatic carbocycles. The van der Waals surface area contributed by atoms with Gasteiger partial charge in [-0.25, -0.2) is 0 Å². The Bertz CT molecular complexity index is 828. The van der Waals surface area contributed by atoms with E-state index in [1.54, 1.807) is 14.2 Å². The van der Waals surface area contributed by atoms with E-state index in [4.69, 9.17) is 9.47 Å². The highest BCUT2D eigenvalue weighted by Crippen LogP contribution is 3.06. The number of aliphatic hydroxyl groups is 1. The molecule has 3 nitrogen and oxygen atoms in total. The molecule has 2 spiro atoms. The summed E-state index contributed by atoms with van der Waals surface area (Å²) in [6.07, 6.45) is 5.18. The van der Waals surface area contributed by atoms with Crippen LogP contribution in [0.5, 0.6) is 11.5 Å². The largest absolute Gasteiger partial charge is 0.496 e. The van der Waals surface area contributed by atoms with Gasteiger partial charge in [-0.2, -0.15) is 0 Å². The first-order valence-electron chi connectivity index (χ1n) is 8.84. The molecule has 0 unspecified atom stereocenters. The Hall–Kier alpha value is -1.48. The highest BCUT2D eigenvalue weighted by molar-refractivity contribution is 5.70. The van der Waals surface area contributed by atoms with E-state index < -0.39 is 0 Å². The Morgan fingerprint density at radius 2 is 1.65 bits per heavy atom. The van der Waals surface area contributed by atoms with Crippen molar-refractivity contribution >= 4 is 0 Å². The zero-order valence-corrected chi connectivity index (χ0v) is 13.3. The van der Waals surface area contributed by atoms with Crippen molar-refractivity contribution in [2.75, 3.05) is 14.2 Å². The van der Waals surface area contributed by atoms with Crippen LogP contribution in [-0.4, -0.2) is 25.4 Å². The van der Waals surface area contributed by atoms with Crippen LogP contribution in [0, 0.1) is 34.5 Å². The van der Waals surface area contributed by atoms with Crippen molar-refractivity contribution < 1.29 is 14.6 Å². The van der Waals surface area contributed by atoms with Crippen LogP contribution in [0.25, 0.3) is 0 Å². The van der Waals surface area contributed by atoms with E-state index in [1.807, 2.05) is 0 Å². The molecule has 1 aromatic carbocycles. The van der Waals surface area contributed by atoms with Crippen molar-refractivity contribution in [1.82, 2.24) is 0 Å². The highest BCUT2D eigenvalue weighted by atomic mass is 16.5. The Morgan fingerprint density at radius 1 is 1.00 bits per heavy atom. The molecule has 3 heteroatoms. The maximum Gasteiger partial charge on any atom is 0.122 e. The first kappa shape index (κ1) is 12.0. The van der Waals surface area contributed by atoms with Gasteiger partial charge in [-0.1, -0.05) is 12.2 Å². The predicted molar refractivity (Wildman–Crippen MR) is 83.6 cm³/mol.